The Morgan fingerprint density at radius 3 is 2.61 bits per heavy atom. The Balaban J connectivity index is 2.33. The van der Waals surface area contributed by atoms with Gasteiger partial charge in [0.1, 0.15) is 11.3 Å². The zero-order chi connectivity index (χ0) is 12.5. The van der Waals surface area contributed by atoms with Gasteiger partial charge in [0.05, 0.1) is 0 Å². The Labute approximate surface area is 104 Å². The molecule has 0 amide bonds. The lowest BCUT2D eigenvalue weighted by Gasteiger charge is -1.97. The van der Waals surface area contributed by atoms with Crippen LogP contribution in [0.15, 0.2) is 53.8 Å². The van der Waals surface area contributed by atoms with Gasteiger partial charge >= 0.3 is 0 Å². The van der Waals surface area contributed by atoms with E-state index in [0.717, 1.165) is 16.8 Å². The predicted molar refractivity (Wildman–Crippen MR) is 70.8 cm³/mol. The summed E-state index contributed by atoms with van der Waals surface area (Å²) in [5, 5.41) is 3.13. The van der Waals surface area contributed by atoms with Crippen molar-refractivity contribution >= 4 is 11.5 Å². The Hall–Kier alpha value is -2.49. The van der Waals surface area contributed by atoms with Gasteiger partial charge in [-0.25, -0.2) is 4.98 Å². The van der Waals surface area contributed by atoms with Crippen LogP contribution in [0.25, 0.3) is 16.9 Å². The number of nitrogens with zero attached hydrogens (tertiary/aromatic N) is 3. The van der Waals surface area contributed by atoms with Crippen molar-refractivity contribution in [3.8, 4) is 11.3 Å². The molecule has 2 aromatic heterocycles. The molecule has 18 heavy (non-hydrogen) atoms. The van der Waals surface area contributed by atoms with Crippen LogP contribution in [0.3, 0.4) is 0 Å². The SMILES string of the molecule is Cc1ccc2nc(-c3ccccc3)c(N=O)n2c1. The number of pyridine rings is 1. The molecule has 4 nitrogen and oxygen atoms in total. The molecule has 0 N–H and O–H groups in total. The third kappa shape index (κ3) is 1.59. The quantitative estimate of drug-likeness (QED) is 0.638. The van der Waals surface area contributed by atoms with Crippen LogP contribution in [0.4, 0.5) is 5.82 Å². The van der Waals surface area contributed by atoms with Gasteiger partial charge in [-0.3, -0.25) is 4.40 Å². The normalized spacial score (nSPS) is 10.7. The molecule has 2 heterocycles. The van der Waals surface area contributed by atoms with Crippen LogP contribution in [-0.2, 0) is 0 Å². The summed E-state index contributed by atoms with van der Waals surface area (Å²) in [5.74, 6) is 0.347. The minimum atomic E-state index is 0.347. The minimum Gasteiger partial charge on any atom is -0.281 e. The highest BCUT2D eigenvalue weighted by Crippen LogP contribution is 2.30. The van der Waals surface area contributed by atoms with Crippen molar-refractivity contribution < 1.29 is 0 Å². The Kier molecular flexibility index (Phi) is 2.41. The number of hydrogen-bond donors (Lipinski definition) is 0. The van der Waals surface area contributed by atoms with E-state index in [4.69, 9.17) is 0 Å². The molecular weight excluding hydrogens is 226 g/mol. The van der Waals surface area contributed by atoms with E-state index in [1.807, 2.05) is 55.6 Å². The molecule has 3 aromatic rings. The molecule has 0 aliphatic heterocycles. The highest BCUT2D eigenvalue weighted by atomic mass is 16.3. The lowest BCUT2D eigenvalue weighted by Crippen LogP contribution is -1.84. The van der Waals surface area contributed by atoms with Crippen LogP contribution in [-0.4, -0.2) is 9.38 Å². The van der Waals surface area contributed by atoms with Crippen molar-refractivity contribution in [2.75, 3.05) is 0 Å². The van der Waals surface area contributed by atoms with Gasteiger partial charge in [0, 0.05) is 11.8 Å². The number of imidazole rings is 1. The molecule has 3 rings (SSSR count). The Morgan fingerprint density at radius 2 is 1.89 bits per heavy atom. The first-order valence-electron chi connectivity index (χ1n) is 5.67. The molecule has 0 saturated heterocycles. The molecule has 4 heteroatoms. The average Bonchev–Trinajstić information content (AvgIpc) is 2.77. The van der Waals surface area contributed by atoms with Crippen molar-refractivity contribution in [3.63, 3.8) is 0 Å². The predicted octanol–water partition coefficient (Wildman–Crippen LogP) is 3.71. The molecule has 0 aliphatic rings. The zero-order valence-electron chi connectivity index (χ0n) is 9.87. The maximum atomic E-state index is 11.1. The van der Waals surface area contributed by atoms with Crippen LogP contribution in [0, 0.1) is 11.8 Å². The lowest BCUT2D eigenvalue weighted by molar-refractivity contribution is 1.14. The summed E-state index contributed by atoms with van der Waals surface area (Å²) in [6, 6.07) is 13.4. The van der Waals surface area contributed by atoms with E-state index in [2.05, 4.69) is 10.2 Å². The molecule has 0 fully saturated rings. The summed E-state index contributed by atoms with van der Waals surface area (Å²) in [6.07, 6.45) is 1.87. The summed E-state index contributed by atoms with van der Waals surface area (Å²) in [4.78, 5) is 15.5. The summed E-state index contributed by atoms with van der Waals surface area (Å²) < 4.78 is 1.73. The molecule has 0 unspecified atom stereocenters. The second-order valence-electron chi connectivity index (χ2n) is 4.18. The monoisotopic (exact) mass is 237 g/mol. The van der Waals surface area contributed by atoms with E-state index in [1.54, 1.807) is 4.40 Å². The van der Waals surface area contributed by atoms with E-state index >= 15 is 0 Å². The van der Waals surface area contributed by atoms with Gasteiger partial charge in [0.15, 0.2) is 0 Å². The molecular formula is C14H11N3O. The van der Waals surface area contributed by atoms with Gasteiger partial charge in [0.2, 0.25) is 5.82 Å². The zero-order valence-corrected chi connectivity index (χ0v) is 9.87. The molecule has 0 saturated carbocycles. The van der Waals surface area contributed by atoms with E-state index in [0.29, 0.717) is 11.5 Å². The van der Waals surface area contributed by atoms with Crippen LogP contribution < -0.4 is 0 Å². The summed E-state index contributed by atoms with van der Waals surface area (Å²) >= 11 is 0. The fraction of sp³-hybridized carbons (Fsp3) is 0.0714. The molecule has 0 bridgehead atoms. The van der Waals surface area contributed by atoms with Crippen molar-refractivity contribution in [2.24, 2.45) is 5.18 Å². The molecule has 1 aromatic carbocycles. The highest BCUT2D eigenvalue weighted by Gasteiger charge is 2.14. The fourth-order valence-electron chi connectivity index (χ4n) is 2.02. The third-order valence-corrected chi connectivity index (χ3v) is 2.87. The smallest absolute Gasteiger partial charge is 0.209 e. The van der Waals surface area contributed by atoms with Gasteiger partial charge in [-0.05, 0) is 23.7 Å². The average molecular weight is 237 g/mol. The topological polar surface area (TPSA) is 46.7 Å². The standard InChI is InChI=1S/C14H11N3O/c1-10-7-8-12-15-13(11-5-3-2-4-6-11)14(16-18)17(12)9-10/h2-9H,1H3. The third-order valence-electron chi connectivity index (χ3n) is 2.87. The fourth-order valence-corrected chi connectivity index (χ4v) is 2.02. The second kappa shape index (κ2) is 4.07. The number of hydrogen-bond acceptors (Lipinski definition) is 3. The highest BCUT2D eigenvalue weighted by molar-refractivity contribution is 5.74. The maximum absolute atomic E-state index is 11.1. The van der Waals surface area contributed by atoms with Gasteiger partial charge in [-0.1, -0.05) is 36.4 Å². The van der Waals surface area contributed by atoms with Gasteiger partial charge in [-0.15, -0.1) is 4.91 Å². The summed E-state index contributed by atoms with van der Waals surface area (Å²) in [5.41, 5.74) is 3.31. The summed E-state index contributed by atoms with van der Waals surface area (Å²) in [7, 11) is 0. The van der Waals surface area contributed by atoms with E-state index in [-0.39, 0.29) is 0 Å². The molecule has 88 valence electrons. The van der Waals surface area contributed by atoms with Gasteiger partial charge in [-0.2, -0.15) is 0 Å². The number of aromatic nitrogens is 2. The number of benzene rings is 1. The second-order valence-corrected chi connectivity index (χ2v) is 4.18. The Bertz CT molecular complexity index is 716. The number of nitroso groups, excluding NO2 is 1. The Morgan fingerprint density at radius 1 is 1.11 bits per heavy atom. The maximum Gasteiger partial charge on any atom is 0.209 e. The first-order chi connectivity index (χ1) is 8.79. The van der Waals surface area contributed by atoms with Crippen LogP contribution in [0.1, 0.15) is 5.56 Å². The van der Waals surface area contributed by atoms with Crippen LogP contribution in [0.2, 0.25) is 0 Å². The first-order valence-corrected chi connectivity index (χ1v) is 5.67. The van der Waals surface area contributed by atoms with Crippen molar-refractivity contribution in [3.05, 3.63) is 59.1 Å². The molecule has 0 radical (unpaired) electrons. The van der Waals surface area contributed by atoms with Crippen LogP contribution in [0.5, 0.6) is 0 Å². The van der Waals surface area contributed by atoms with Crippen LogP contribution >= 0.6 is 0 Å². The van der Waals surface area contributed by atoms with E-state index < -0.39 is 0 Å². The van der Waals surface area contributed by atoms with E-state index in [1.165, 1.54) is 0 Å². The van der Waals surface area contributed by atoms with Gasteiger partial charge in [0.25, 0.3) is 0 Å². The van der Waals surface area contributed by atoms with Crippen molar-refractivity contribution in [1.29, 1.82) is 0 Å². The van der Waals surface area contributed by atoms with Crippen molar-refractivity contribution in [2.45, 2.75) is 6.92 Å². The van der Waals surface area contributed by atoms with Gasteiger partial charge < -0.3 is 0 Å². The molecule has 0 atom stereocenters. The lowest BCUT2D eigenvalue weighted by atomic mass is 10.1. The number of fused-ring (bicyclic) bond motifs is 1. The first kappa shape index (κ1) is 10.7. The number of aryl methyl sites for hydroxylation is 1. The van der Waals surface area contributed by atoms with E-state index in [9.17, 15) is 4.91 Å². The summed E-state index contributed by atoms with van der Waals surface area (Å²) in [6.45, 7) is 1.97. The minimum absolute atomic E-state index is 0.347. The number of rotatable bonds is 2. The largest absolute Gasteiger partial charge is 0.281 e. The molecule has 0 aliphatic carbocycles. The van der Waals surface area contributed by atoms with Crippen molar-refractivity contribution in [1.82, 2.24) is 9.38 Å². The molecule has 0 spiro atoms.